The first-order valence-electron chi connectivity index (χ1n) is 6.22. The lowest BCUT2D eigenvalue weighted by Gasteiger charge is -2.34. The van der Waals surface area contributed by atoms with Crippen molar-refractivity contribution in [3.63, 3.8) is 0 Å². The van der Waals surface area contributed by atoms with E-state index in [0.717, 1.165) is 17.8 Å². The minimum absolute atomic E-state index is 0.758. The monoisotopic (exact) mass is 223 g/mol. The van der Waals surface area contributed by atoms with E-state index in [-0.39, 0.29) is 0 Å². The Morgan fingerprint density at radius 2 is 2.27 bits per heavy atom. The van der Waals surface area contributed by atoms with Gasteiger partial charge in [0, 0.05) is 17.5 Å². The van der Waals surface area contributed by atoms with Crippen LogP contribution in [0.4, 0.5) is 0 Å². The molecule has 1 aliphatic carbocycles. The number of nitrogens with zero attached hydrogens (tertiary/aromatic N) is 1. The Hall–Kier alpha value is -0.370. The summed E-state index contributed by atoms with van der Waals surface area (Å²) in [5, 5.41) is 3.51. The van der Waals surface area contributed by atoms with Crippen molar-refractivity contribution in [2.24, 2.45) is 11.8 Å². The van der Waals surface area contributed by atoms with Crippen LogP contribution in [-0.2, 0) is 0 Å². The minimum atomic E-state index is 0.758. The van der Waals surface area contributed by atoms with E-state index in [1.807, 2.05) is 17.5 Å². The SMILES string of the molecule is CCC(C)C1CCCCC1c1nccs1. The van der Waals surface area contributed by atoms with Crippen molar-refractivity contribution in [1.82, 2.24) is 4.98 Å². The second-order valence-corrected chi connectivity index (χ2v) is 5.74. The van der Waals surface area contributed by atoms with Crippen LogP contribution in [0.5, 0.6) is 0 Å². The van der Waals surface area contributed by atoms with E-state index in [1.54, 1.807) is 0 Å². The number of aromatic nitrogens is 1. The van der Waals surface area contributed by atoms with Crippen LogP contribution >= 0.6 is 11.3 Å². The third-order valence-electron chi connectivity index (χ3n) is 3.96. The highest BCUT2D eigenvalue weighted by Gasteiger charge is 2.31. The molecule has 0 aliphatic heterocycles. The molecule has 1 saturated carbocycles. The summed E-state index contributed by atoms with van der Waals surface area (Å²) in [6.45, 7) is 4.73. The second kappa shape index (κ2) is 5.11. The molecule has 0 bridgehead atoms. The average molecular weight is 223 g/mol. The fourth-order valence-electron chi connectivity index (χ4n) is 2.87. The smallest absolute Gasteiger partial charge is 0.0958 e. The number of hydrogen-bond acceptors (Lipinski definition) is 2. The molecule has 2 rings (SSSR count). The Balaban J connectivity index is 2.12. The van der Waals surface area contributed by atoms with Gasteiger partial charge < -0.3 is 0 Å². The van der Waals surface area contributed by atoms with Crippen LogP contribution in [0.3, 0.4) is 0 Å². The van der Waals surface area contributed by atoms with Gasteiger partial charge in [-0.05, 0) is 24.7 Å². The van der Waals surface area contributed by atoms with Crippen LogP contribution in [0.25, 0.3) is 0 Å². The highest BCUT2D eigenvalue weighted by molar-refractivity contribution is 7.09. The van der Waals surface area contributed by atoms with E-state index >= 15 is 0 Å². The quantitative estimate of drug-likeness (QED) is 0.737. The van der Waals surface area contributed by atoms with E-state index in [1.165, 1.54) is 37.1 Å². The Morgan fingerprint density at radius 3 is 2.93 bits per heavy atom. The first-order valence-corrected chi connectivity index (χ1v) is 7.10. The zero-order valence-corrected chi connectivity index (χ0v) is 10.6. The lowest BCUT2D eigenvalue weighted by atomic mass is 9.72. The van der Waals surface area contributed by atoms with E-state index in [9.17, 15) is 0 Å². The molecule has 0 N–H and O–H groups in total. The van der Waals surface area contributed by atoms with Crippen molar-refractivity contribution in [2.45, 2.75) is 51.9 Å². The van der Waals surface area contributed by atoms with Crippen molar-refractivity contribution in [3.05, 3.63) is 16.6 Å². The summed E-state index contributed by atoms with van der Waals surface area (Å²) in [5.74, 6) is 2.50. The Morgan fingerprint density at radius 1 is 1.47 bits per heavy atom. The first-order chi connectivity index (χ1) is 7.33. The third kappa shape index (κ3) is 2.41. The molecule has 1 nitrogen and oxygen atoms in total. The second-order valence-electron chi connectivity index (χ2n) is 4.81. The molecule has 3 unspecified atom stereocenters. The standard InChI is InChI=1S/C13H21NS/c1-3-10(2)11-6-4-5-7-12(11)13-14-8-9-15-13/h8-12H,3-7H2,1-2H3. The molecule has 1 aromatic rings. The van der Waals surface area contributed by atoms with E-state index in [0.29, 0.717) is 0 Å². The van der Waals surface area contributed by atoms with Gasteiger partial charge in [0.05, 0.1) is 5.01 Å². The number of rotatable bonds is 3. The highest BCUT2D eigenvalue weighted by atomic mass is 32.1. The summed E-state index contributed by atoms with van der Waals surface area (Å²) in [4.78, 5) is 4.53. The maximum absolute atomic E-state index is 4.53. The van der Waals surface area contributed by atoms with Gasteiger partial charge in [0.15, 0.2) is 0 Å². The van der Waals surface area contributed by atoms with Gasteiger partial charge in [-0.15, -0.1) is 11.3 Å². The van der Waals surface area contributed by atoms with Crippen LogP contribution in [0.1, 0.15) is 56.9 Å². The van der Waals surface area contributed by atoms with Crippen LogP contribution in [0, 0.1) is 11.8 Å². The average Bonchev–Trinajstić information content (AvgIpc) is 2.81. The lowest BCUT2D eigenvalue weighted by Crippen LogP contribution is -2.23. The molecule has 0 spiro atoms. The molecule has 1 fully saturated rings. The summed E-state index contributed by atoms with van der Waals surface area (Å²) in [6.07, 6.45) is 8.88. The Labute approximate surface area is 96.9 Å². The maximum atomic E-state index is 4.53. The van der Waals surface area contributed by atoms with Crippen LogP contribution in [0.15, 0.2) is 11.6 Å². The minimum Gasteiger partial charge on any atom is -0.249 e. The highest BCUT2D eigenvalue weighted by Crippen LogP contribution is 2.43. The van der Waals surface area contributed by atoms with Crippen LogP contribution < -0.4 is 0 Å². The molecule has 84 valence electrons. The third-order valence-corrected chi connectivity index (χ3v) is 4.87. The largest absolute Gasteiger partial charge is 0.249 e. The molecule has 0 aromatic carbocycles. The molecule has 2 heteroatoms. The predicted octanol–water partition coefficient (Wildman–Crippen LogP) is 4.46. The van der Waals surface area contributed by atoms with Gasteiger partial charge in [-0.25, -0.2) is 4.98 Å². The van der Waals surface area contributed by atoms with Gasteiger partial charge in [-0.2, -0.15) is 0 Å². The number of hydrogen-bond donors (Lipinski definition) is 0. The number of thiazole rings is 1. The van der Waals surface area contributed by atoms with Crippen molar-refractivity contribution in [2.75, 3.05) is 0 Å². The van der Waals surface area contributed by atoms with Crippen molar-refractivity contribution in [1.29, 1.82) is 0 Å². The predicted molar refractivity (Wildman–Crippen MR) is 66.3 cm³/mol. The normalized spacial score (nSPS) is 28.9. The Bertz CT molecular complexity index is 281. The Kier molecular flexibility index (Phi) is 3.79. The molecular weight excluding hydrogens is 202 g/mol. The molecule has 0 amide bonds. The summed E-state index contributed by atoms with van der Waals surface area (Å²) >= 11 is 1.85. The van der Waals surface area contributed by atoms with Crippen molar-refractivity contribution >= 4 is 11.3 Å². The fraction of sp³-hybridized carbons (Fsp3) is 0.769. The van der Waals surface area contributed by atoms with Gasteiger partial charge >= 0.3 is 0 Å². The molecular formula is C13H21NS. The summed E-state index contributed by atoms with van der Waals surface area (Å²) in [6, 6.07) is 0. The molecule has 1 heterocycles. The molecule has 15 heavy (non-hydrogen) atoms. The van der Waals surface area contributed by atoms with Gasteiger partial charge in [0.2, 0.25) is 0 Å². The fourth-order valence-corrected chi connectivity index (χ4v) is 3.72. The molecule has 3 atom stereocenters. The van der Waals surface area contributed by atoms with Gasteiger partial charge in [0.1, 0.15) is 0 Å². The molecule has 0 radical (unpaired) electrons. The lowest BCUT2D eigenvalue weighted by molar-refractivity contribution is 0.220. The topological polar surface area (TPSA) is 12.9 Å². The summed E-state index contributed by atoms with van der Waals surface area (Å²) < 4.78 is 0. The molecule has 1 aliphatic rings. The van der Waals surface area contributed by atoms with E-state index in [4.69, 9.17) is 0 Å². The van der Waals surface area contributed by atoms with Gasteiger partial charge in [-0.1, -0.05) is 33.1 Å². The summed E-state index contributed by atoms with van der Waals surface area (Å²) in [7, 11) is 0. The van der Waals surface area contributed by atoms with Crippen LogP contribution in [-0.4, -0.2) is 4.98 Å². The zero-order chi connectivity index (χ0) is 10.7. The first kappa shape index (κ1) is 11.1. The van der Waals surface area contributed by atoms with Gasteiger partial charge in [-0.3, -0.25) is 0 Å². The summed E-state index contributed by atoms with van der Waals surface area (Å²) in [5.41, 5.74) is 0. The van der Waals surface area contributed by atoms with Crippen LogP contribution in [0.2, 0.25) is 0 Å². The van der Waals surface area contributed by atoms with E-state index in [2.05, 4.69) is 24.2 Å². The molecule has 0 saturated heterocycles. The molecule has 1 aromatic heterocycles. The van der Waals surface area contributed by atoms with Crippen molar-refractivity contribution < 1.29 is 0 Å². The van der Waals surface area contributed by atoms with E-state index < -0.39 is 0 Å². The maximum Gasteiger partial charge on any atom is 0.0958 e. The van der Waals surface area contributed by atoms with Gasteiger partial charge in [0.25, 0.3) is 0 Å². The zero-order valence-electron chi connectivity index (χ0n) is 9.78. The van der Waals surface area contributed by atoms with Crippen molar-refractivity contribution in [3.8, 4) is 0 Å².